The quantitative estimate of drug-likeness (QED) is 0.570. The Bertz CT molecular complexity index is 1170. The molecule has 152 valence electrons. The number of carbonyl (C=O) groups is 1. The fraction of sp³-hybridized carbons (Fsp3) is 0.304. The predicted octanol–water partition coefficient (Wildman–Crippen LogP) is 5.47. The lowest BCUT2D eigenvalue weighted by Gasteiger charge is -2.15. The van der Waals surface area contributed by atoms with Crippen molar-refractivity contribution < 1.29 is 4.79 Å². The van der Waals surface area contributed by atoms with E-state index in [1.54, 1.807) is 30.5 Å². The van der Waals surface area contributed by atoms with Gasteiger partial charge in [0, 0.05) is 29.6 Å². The summed E-state index contributed by atoms with van der Waals surface area (Å²) in [5.74, 6) is -0.183. The number of fused-ring (bicyclic) bond motifs is 1. The van der Waals surface area contributed by atoms with Gasteiger partial charge in [-0.3, -0.25) is 9.48 Å². The second-order valence-electron chi connectivity index (χ2n) is 8.47. The molecule has 1 unspecified atom stereocenters. The zero-order valence-electron chi connectivity index (χ0n) is 17.1. The zero-order valence-corrected chi connectivity index (χ0v) is 17.9. The normalized spacial score (nSPS) is 15.3. The largest absolute Gasteiger partial charge is 0.310 e. The first-order valence-corrected chi connectivity index (χ1v) is 10.1. The molecule has 0 saturated heterocycles. The Morgan fingerprint density at radius 1 is 1.30 bits per heavy atom. The summed E-state index contributed by atoms with van der Waals surface area (Å²) in [7, 11) is 0. The number of amides is 1. The van der Waals surface area contributed by atoms with E-state index in [1.165, 1.54) is 0 Å². The van der Waals surface area contributed by atoms with Crippen LogP contribution in [0.5, 0.6) is 0 Å². The Morgan fingerprint density at radius 3 is 2.87 bits per heavy atom. The number of aromatic nitrogens is 3. The minimum atomic E-state index is -0.422. The molecule has 0 fully saturated rings. The maximum absolute atomic E-state index is 12.8. The first-order chi connectivity index (χ1) is 14.3. The van der Waals surface area contributed by atoms with Gasteiger partial charge in [0.15, 0.2) is 5.69 Å². The highest BCUT2D eigenvalue weighted by atomic mass is 35.5. The molecule has 0 radical (unpaired) electrons. The van der Waals surface area contributed by atoms with Gasteiger partial charge in [0.2, 0.25) is 5.91 Å². The van der Waals surface area contributed by atoms with Gasteiger partial charge in [0.25, 0.3) is 0 Å². The van der Waals surface area contributed by atoms with Crippen molar-refractivity contribution in [2.24, 2.45) is 5.41 Å². The first kappa shape index (κ1) is 20.1. The van der Waals surface area contributed by atoms with Gasteiger partial charge in [-0.1, -0.05) is 49.7 Å². The summed E-state index contributed by atoms with van der Waals surface area (Å²) in [6, 6.07) is 8.88. The molecule has 0 bridgehead atoms. The number of pyridine rings is 1. The number of rotatable bonds is 4. The smallest absolute Gasteiger partial charge is 0.232 e. The summed E-state index contributed by atoms with van der Waals surface area (Å²) >= 11 is 6.45. The van der Waals surface area contributed by atoms with E-state index in [1.807, 2.05) is 23.9 Å². The number of nitrogens with zero attached hydrogens (tertiary/aromatic N) is 4. The van der Waals surface area contributed by atoms with Gasteiger partial charge >= 0.3 is 0 Å². The summed E-state index contributed by atoms with van der Waals surface area (Å²) in [5, 5.41) is 7.91. The average Bonchev–Trinajstić information content (AvgIpc) is 3.23. The van der Waals surface area contributed by atoms with Crippen molar-refractivity contribution >= 4 is 29.0 Å². The molecule has 1 amide bonds. The summed E-state index contributed by atoms with van der Waals surface area (Å²) in [5.41, 5.74) is 4.38. The molecule has 4 rings (SSSR count). The van der Waals surface area contributed by atoms with Crippen LogP contribution in [0.15, 0.2) is 42.7 Å². The van der Waals surface area contributed by atoms with Crippen LogP contribution in [0.2, 0.25) is 5.02 Å². The van der Waals surface area contributed by atoms with Gasteiger partial charge in [0.05, 0.1) is 23.7 Å². The molecule has 1 aromatic carbocycles. The van der Waals surface area contributed by atoms with Crippen LogP contribution in [0.4, 0.5) is 11.5 Å². The van der Waals surface area contributed by atoms with E-state index in [0.717, 1.165) is 35.3 Å². The van der Waals surface area contributed by atoms with E-state index in [0.29, 0.717) is 16.5 Å². The van der Waals surface area contributed by atoms with Crippen molar-refractivity contribution in [1.29, 1.82) is 0 Å². The van der Waals surface area contributed by atoms with Crippen LogP contribution in [0.25, 0.3) is 16.0 Å². The maximum Gasteiger partial charge on any atom is 0.232 e. The second-order valence-corrected chi connectivity index (χ2v) is 8.88. The van der Waals surface area contributed by atoms with Gasteiger partial charge in [0.1, 0.15) is 5.82 Å². The van der Waals surface area contributed by atoms with Crippen molar-refractivity contribution in [1.82, 2.24) is 14.8 Å². The molecule has 6 nitrogen and oxygen atoms in total. The third-order valence-electron chi connectivity index (χ3n) is 5.46. The molecule has 7 heteroatoms. The monoisotopic (exact) mass is 419 g/mol. The standard InChI is InChI=1S/C23H22ClN5O/c1-14(15-6-5-7-16(8-15)25-4)22(30)28-21-9-17(19(24)12-26-21)18-11-27-29-13-23(2,3)10-20(18)29/h5-9,11-12,14H,10,13H2,1-3H3,(H,26,28,30). The molecule has 0 saturated carbocycles. The van der Waals surface area contributed by atoms with E-state index in [2.05, 4.69) is 34.1 Å². The lowest BCUT2D eigenvalue weighted by Crippen LogP contribution is -2.19. The highest BCUT2D eigenvalue weighted by Crippen LogP contribution is 2.39. The van der Waals surface area contributed by atoms with Crippen LogP contribution in [0.1, 0.15) is 37.9 Å². The summed E-state index contributed by atoms with van der Waals surface area (Å²) in [6.45, 7) is 14.3. The van der Waals surface area contributed by atoms with Crippen LogP contribution >= 0.6 is 11.6 Å². The molecule has 30 heavy (non-hydrogen) atoms. The average molecular weight is 420 g/mol. The van der Waals surface area contributed by atoms with E-state index in [-0.39, 0.29) is 11.3 Å². The first-order valence-electron chi connectivity index (χ1n) is 9.76. The number of halogens is 1. The number of nitrogens with one attached hydrogen (secondary N) is 1. The predicted molar refractivity (Wildman–Crippen MR) is 118 cm³/mol. The highest BCUT2D eigenvalue weighted by molar-refractivity contribution is 6.33. The van der Waals surface area contributed by atoms with E-state index >= 15 is 0 Å². The topological polar surface area (TPSA) is 64.2 Å². The fourth-order valence-corrected chi connectivity index (χ4v) is 4.04. The lowest BCUT2D eigenvalue weighted by molar-refractivity contribution is -0.117. The number of benzene rings is 1. The molecule has 0 spiro atoms. The number of carbonyl (C=O) groups excluding carboxylic acids is 1. The molecule has 1 N–H and O–H groups in total. The van der Waals surface area contributed by atoms with E-state index < -0.39 is 5.92 Å². The number of hydrogen-bond acceptors (Lipinski definition) is 3. The Morgan fingerprint density at radius 2 is 2.10 bits per heavy atom. The number of hydrogen-bond donors (Lipinski definition) is 1. The molecule has 2 aromatic heterocycles. The van der Waals surface area contributed by atoms with E-state index in [4.69, 9.17) is 18.2 Å². The summed E-state index contributed by atoms with van der Waals surface area (Å²) in [6.07, 6.45) is 4.30. The van der Waals surface area contributed by atoms with Gasteiger partial charge < -0.3 is 5.32 Å². The molecular formula is C23H22ClN5O. The fourth-order valence-electron chi connectivity index (χ4n) is 3.84. The van der Waals surface area contributed by atoms with Crippen molar-refractivity contribution in [2.75, 3.05) is 5.32 Å². The van der Waals surface area contributed by atoms with Gasteiger partial charge in [-0.05, 0) is 30.4 Å². The lowest BCUT2D eigenvalue weighted by atomic mass is 9.89. The van der Waals surface area contributed by atoms with Crippen LogP contribution in [-0.4, -0.2) is 20.7 Å². The minimum Gasteiger partial charge on any atom is -0.310 e. The minimum absolute atomic E-state index is 0.157. The number of anilines is 1. The molecule has 1 atom stereocenters. The zero-order chi connectivity index (χ0) is 21.5. The maximum atomic E-state index is 12.8. The van der Waals surface area contributed by atoms with Crippen LogP contribution in [0, 0.1) is 12.0 Å². The third-order valence-corrected chi connectivity index (χ3v) is 5.76. The van der Waals surface area contributed by atoms with Gasteiger partial charge in [-0.25, -0.2) is 9.83 Å². The third kappa shape index (κ3) is 3.81. The molecule has 3 aromatic rings. The summed E-state index contributed by atoms with van der Waals surface area (Å²) in [4.78, 5) is 20.5. The van der Waals surface area contributed by atoms with Crippen LogP contribution in [-0.2, 0) is 17.8 Å². The Balaban J connectivity index is 1.59. The molecule has 1 aliphatic heterocycles. The van der Waals surface area contributed by atoms with Crippen molar-refractivity contribution in [2.45, 2.75) is 39.7 Å². The van der Waals surface area contributed by atoms with Crippen molar-refractivity contribution in [3.05, 3.63) is 70.4 Å². The van der Waals surface area contributed by atoms with Crippen LogP contribution in [0.3, 0.4) is 0 Å². The Labute approximate surface area is 180 Å². The second kappa shape index (κ2) is 7.58. The van der Waals surface area contributed by atoms with E-state index in [9.17, 15) is 4.79 Å². The summed E-state index contributed by atoms with van der Waals surface area (Å²) < 4.78 is 2.02. The van der Waals surface area contributed by atoms with Gasteiger partial charge in [-0.15, -0.1) is 0 Å². The Hall–Kier alpha value is -3.17. The molecule has 0 aliphatic carbocycles. The molecule has 3 heterocycles. The molecule has 1 aliphatic rings. The highest BCUT2D eigenvalue weighted by Gasteiger charge is 2.32. The van der Waals surface area contributed by atoms with Gasteiger partial charge in [-0.2, -0.15) is 5.10 Å². The van der Waals surface area contributed by atoms with Crippen molar-refractivity contribution in [3.63, 3.8) is 0 Å². The SMILES string of the molecule is [C-]#[N+]c1cccc(C(C)C(=O)Nc2cc(-c3cnn4c3CC(C)(C)C4)c(Cl)cn2)c1. The van der Waals surface area contributed by atoms with Crippen LogP contribution < -0.4 is 5.32 Å². The molecular weight excluding hydrogens is 398 g/mol. The Kier molecular flexibility index (Phi) is 5.08. The van der Waals surface area contributed by atoms with Crippen molar-refractivity contribution in [3.8, 4) is 11.1 Å².